The number of nitrogens with zero attached hydrogens (tertiary/aromatic N) is 1. The number of ether oxygens (including phenoxy) is 1. The maximum atomic E-state index is 13.1. The Kier molecular flexibility index (Phi) is 4.30. The zero-order chi connectivity index (χ0) is 11.3. The highest BCUT2D eigenvalue weighted by molar-refractivity contribution is 7.80. The van der Waals surface area contributed by atoms with Crippen molar-refractivity contribution in [3.05, 3.63) is 35.4 Å². The second kappa shape index (κ2) is 5.50. The smallest absolute Gasteiger partial charge is 0.342 e. The summed E-state index contributed by atoms with van der Waals surface area (Å²) < 4.78 is 17.5. The normalized spacial score (nSPS) is 10.6. The molecule has 1 aromatic heterocycles. The molecule has 0 saturated carbocycles. The van der Waals surface area contributed by atoms with Crippen molar-refractivity contribution in [3.63, 3.8) is 0 Å². The lowest BCUT2D eigenvalue weighted by Crippen LogP contribution is -2.06. The van der Waals surface area contributed by atoms with E-state index < -0.39 is 11.9 Å². The van der Waals surface area contributed by atoms with Gasteiger partial charge in [-0.1, -0.05) is 12.2 Å². The van der Waals surface area contributed by atoms with E-state index in [9.17, 15) is 9.18 Å². The second-order valence-corrected chi connectivity index (χ2v) is 3.05. The van der Waals surface area contributed by atoms with Gasteiger partial charge in [-0.2, -0.15) is 17.0 Å². The molecule has 80 valence electrons. The van der Waals surface area contributed by atoms with Gasteiger partial charge in [-0.25, -0.2) is 9.78 Å². The summed E-state index contributed by atoms with van der Waals surface area (Å²) in [5.41, 5.74) is 0.463. The number of aromatic nitrogens is 1. The van der Waals surface area contributed by atoms with Crippen molar-refractivity contribution in [2.75, 3.05) is 12.9 Å². The van der Waals surface area contributed by atoms with Gasteiger partial charge in [-0.05, 0) is 11.6 Å². The Labute approximate surface area is 92.4 Å². The fraction of sp³-hybridized carbons (Fsp3) is 0.200. The molecule has 0 fully saturated rings. The van der Waals surface area contributed by atoms with E-state index in [1.54, 1.807) is 12.2 Å². The Morgan fingerprint density at radius 1 is 1.73 bits per heavy atom. The van der Waals surface area contributed by atoms with E-state index in [2.05, 4.69) is 22.3 Å². The first-order chi connectivity index (χ1) is 7.19. The SMILES string of the molecule is COC(=O)c1cc(C=CCS)cnc1F. The van der Waals surface area contributed by atoms with Gasteiger partial charge in [0.1, 0.15) is 5.56 Å². The van der Waals surface area contributed by atoms with Crippen LogP contribution in [0.5, 0.6) is 0 Å². The van der Waals surface area contributed by atoms with E-state index in [4.69, 9.17) is 0 Å². The molecule has 0 spiro atoms. The molecule has 1 aromatic rings. The van der Waals surface area contributed by atoms with Crippen molar-refractivity contribution >= 4 is 24.7 Å². The summed E-state index contributed by atoms with van der Waals surface area (Å²) in [7, 11) is 1.19. The molecule has 0 bridgehead atoms. The minimum atomic E-state index is -0.829. The summed E-state index contributed by atoms with van der Waals surface area (Å²) in [6.45, 7) is 0. The number of carbonyl (C=O) groups excluding carboxylic acids is 1. The van der Waals surface area contributed by atoms with Crippen molar-refractivity contribution in [1.82, 2.24) is 4.98 Å². The number of halogens is 1. The predicted molar refractivity (Wildman–Crippen MR) is 58.4 cm³/mol. The number of thiol groups is 1. The highest BCUT2D eigenvalue weighted by Crippen LogP contribution is 2.10. The minimum Gasteiger partial charge on any atom is -0.465 e. The zero-order valence-corrected chi connectivity index (χ0v) is 9.00. The summed E-state index contributed by atoms with van der Waals surface area (Å²) in [5, 5.41) is 0. The molecular formula is C10H10FNO2S. The zero-order valence-electron chi connectivity index (χ0n) is 8.11. The van der Waals surface area contributed by atoms with Gasteiger partial charge in [0.25, 0.3) is 0 Å². The van der Waals surface area contributed by atoms with E-state index in [0.29, 0.717) is 11.3 Å². The lowest BCUT2D eigenvalue weighted by molar-refractivity contribution is 0.0594. The highest BCUT2D eigenvalue weighted by Gasteiger charge is 2.13. The highest BCUT2D eigenvalue weighted by atomic mass is 32.1. The van der Waals surface area contributed by atoms with Crippen molar-refractivity contribution in [2.24, 2.45) is 0 Å². The first-order valence-corrected chi connectivity index (χ1v) is 4.83. The lowest BCUT2D eigenvalue weighted by atomic mass is 10.2. The minimum absolute atomic E-state index is 0.168. The Balaban J connectivity index is 3.05. The summed E-state index contributed by atoms with van der Waals surface area (Å²) >= 11 is 3.98. The average Bonchev–Trinajstić information content (AvgIpc) is 2.27. The number of esters is 1. The summed E-state index contributed by atoms with van der Waals surface area (Å²) in [6.07, 6.45) is 4.80. The first kappa shape index (κ1) is 11.7. The van der Waals surface area contributed by atoms with Gasteiger partial charge in [0.15, 0.2) is 0 Å². The standard InChI is InChI=1S/C10H10FNO2S/c1-14-10(13)8-5-7(3-2-4-15)6-12-9(8)11/h2-3,5-6,15H,4H2,1H3. The Bertz CT molecular complexity index is 393. The maximum Gasteiger partial charge on any atom is 0.342 e. The summed E-state index contributed by atoms with van der Waals surface area (Å²) in [5.74, 6) is -1.00. The van der Waals surface area contributed by atoms with Crippen molar-refractivity contribution < 1.29 is 13.9 Å². The molecule has 15 heavy (non-hydrogen) atoms. The molecule has 0 aliphatic carbocycles. The van der Waals surface area contributed by atoms with Crippen molar-refractivity contribution in [1.29, 1.82) is 0 Å². The average molecular weight is 227 g/mol. The molecule has 0 N–H and O–H groups in total. The van der Waals surface area contributed by atoms with Crippen LogP contribution in [0.15, 0.2) is 18.3 Å². The topological polar surface area (TPSA) is 39.2 Å². The molecule has 0 aliphatic rings. The number of carbonyl (C=O) groups is 1. The number of hydrogen-bond acceptors (Lipinski definition) is 4. The molecule has 5 heteroatoms. The van der Waals surface area contributed by atoms with Crippen LogP contribution in [0.25, 0.3) is 6.08 Å². The van der Waals surface area contributed by atoms with Gasteiger partial charge in [-0.15, -0.1) is 0 Å². The molecule has 0 radical (unpaired) electrons. The quantitative estimate of drug-likeness (QED) is 0.487. The van der Waals surface area contributed by atoms with Crippen LogP contribution < -0.4 is 0 Å². The fourth-order valence-corrected chi connectivity index (χ4v) is 1.10. The predicted octanol–water partition coefficient (Wildman–Crippen LogP) is 1.95. The third-order valence-corrected chi connectivity index (χ3v) is 1.89. The van der Waals surface area contributed by atoms with Crippen LogP contribution in [-0.4, -0.2) is 23.8 Å². The summed E-state index contributed by atoms with van der Waals surface area (Å²) in [4.78, 5) is 14.6. The number of pyridine rings is 1. The number of methoxy groups -OCH3 is 1. The van der Waals surface area contributed by atoms with Gasteiger partial charge < -0.3 is 4.74 Å². The Morgan fingerprint density at radius 2 is 2.47 bits per heavy atom. The van der Waals surface area contributed by atoms with Gasteiger partial charge in [-0.3, -0.25) is 0 Å². The molecule has 0 amide bonds. The molecule has 0 unspecified atom stereocenters. The van der Waals surface area contributed by atoms with E-state index in [0.717, 1.165) is 0 Å². The molecular weight excluding hydrogens is 217 g/mol. The van der Waals surface area contributed by atoms with E-state index in [1.807, 2.05) is 0 Å². The third-order valence-electron chi connectivity index (χ3n) is 1.68. The van der Waals surface area contributed by atoms with E-state index in [1.165, 1.54) is 19.4 Å². The van der Waals surface area contributed by atoms with Gasteiger partial charge >= 0.3 is 5.97 Å². The molecule has 1 rings (SSSR count). The molecule has 0 aliphatic heterocycles. The first-order valence-electron chi connectivity index (χ1n) is 4.20. The monoisotopic (exact) mass is 227 g/mol. The molecule has 3 nitrogen and oxygen atoms in total. The molecule has 0 saturated heterocycles. The van der Waals surface area contributed by atoms with Crippen LogP contribution in [0.3, 0.4) is 0 Å². The largest absolute Gasteiger partial charge is 0.465 e. The summed E-state index contributed by atoms with van der Waals surface area (Å²) in [6, 6.07) is 1.38. The van der Waals surface area contributed by atoms with E-state index >= 15 is 0 Å². The maximum absolute atomic E-state index is 13.1. The van der Waals surface area contributed by atoms with Crippen molar-refractivity contribution in [2.45, 2.75) is 0 Å². The Hall–Kier alpha value is -1.36. The van der Waals surface area contributed by atoms with Crippen LogP contribution in [-0.2, 0) is 4.74 Å². The van der Waals surface area contributed by atoms with E-state index in [-0.39, 0.29) is 5.56 Å². The van der Waals surface area contributed by atoms with Gasteiger partial charge in [0.05, 0.1) is 7.11 Å². The van der Waals surface area contributed by atoms with Gasteiger partial charge in [0.2, 0.25) is 5.95 Å². The third kappa shape index (κ3) is 3.06. The fourth-order valence-electron chi connectivity index (χ4n) is 0.997. The van der Waals surface area contributed by atoms with Crippen LogP contribution in [0.4, 0.5) is 4.39 Å². The van der Waals surface area contributed by atoms with Crippen LogP contribution in [0.1, 0.15) is 15.9 Å². The number of hydrogen-bond donors (Lipinski definition) is 1. The second-order valence-electron chi connectivity index (χ2n) is 2.68. The Morgan fingerprint density at radius 3 is 3.07 bits per heavy atom. The molecule has 0 aromatic carbocycles. The van der Waals surface area contributed by atoms with Gasteiger partial charge in [0, 0.05) is 11.9 Å². The molecule has 0 atom stereocenters. The van der Waals surface area contributed by atoms with Crippen molar-refractivity contribution in [3.8, 4) is 0 Å². The lowest BCUT2D eigenvalue weighted by Gasteiger charge is -2.01. The van der Waals surface area contributed by atoms with Crippen LogP contribution in [0.2, 0.25) is 0 Å². The van der Waals surface area contributed by atoms with Crippen LogP contribution >= 0.6 is 12.6 Å². The number of rotatable bonds is 3. The van der Waals surface area contributed by atoms with Crippen LogP contribution in [0, 0.1) is 5.95 Å². The molecule has 1 heterocycles.